The van der Waals surface area contributed by atoms with Crippen LogP contribution in [-0.4, -0.2) is 22.7 Å². The van der Waals surface area contributed by atoms with E-state index in [1.807, 2.05) is 69.3 Å². The quantitative estimate of drug-likeness (QED) is 0.618. The summed E-state index contributed by atoms with van der Waals surface area (Å²) in [6.45, 7) is 5.91. The zero-order valence-electron chi connectivity index (χ0n) is 12.7. The summed E-state index contributed by atoms with van der Waals surface area (Å²) in [5, 5.41) is 5.92. The summed E-state index contributed by atoms with van der Waals surface area (Å²) < 4.78 is 0. The van der Waals surface area contributed by atoms with Gasteiger partial charge in [-0.3, -0.25) is 4.79 Å². The zero-order chi connectivity index (χ0) is 15.3. The molecule has 0 saturated carbocycles. The minimum absolute atomic E-state index is 0.102. The molecule has 0 aliphatic heterocycles. The Bertz CT molecular complexity index is 613. The van der Waals surface area contributed by atoms with Crippen LogP contribution < -0.4 is 0 Å². The van der Waals surface area contributed by atoms with Crippen LogP contribution in [0.2, 0.25) is 0 Å². The minimum Gasteiger partial charge on any atom is -0.267 e. The fourth-order valence-electron chi connectivity index (χ4n) is 1.90. The molecule has 0 unspecified atom stereocenters. The van der Waals surface area contributed by atoms with Gasteiger partial charge in [-0.1, -0.05) is 48.5 Å². The van der Waals surface area contributed by atoms with Gasteiger partial charge in [0.15, 0.2) is 0 Å². The van der Waals surface area contributed by atoms with Crippen molar-refractivity contribution in [2.24, 2.45) is 5.10 Å². The van der Waals surface area contributed by atoms with Gasteiger partial charge in [-0.05, 0) is 38.5 Å². The van der Waals surface area contributed by atoms with Gasteiger partial charge in [0.1, 0.15) is 0 Å². The standard InChI is InChI=1S/C18H20N2O/c1-18(2,3)20(17(21)16-12-8-5-9-13-16)19-14-15-10-6-4-7-11-15/h4-14H,1-3H3. The number of benzene rings is 2. The number of nitrogens with zero attached hydrogens (tertiary/aromatic N) is 2. The molecule has 2 aromatic rings. The molecule has 2 aromatic carbocycles. The molecule has 0 heterocycles. The molecule has 1 amide bonds. The van der Waals surface area contributed by atoms with E-state index in [4.69, 9.17) is 0 Å². The van der Waals surface area contributed by atoms with Gasteiger partial charge in [-0.25, -0.2) is 5.01 Å². The van der Waals surface area contributed by atoms with Gasteiger partial charge < -0.3 is 0 Å². The van der Waals surface area contributed by atoms with E-state index in [2.05, 4.69) is 5.10 Å². The number of carbonyl (C=O) groups is 1. The summed E-state index contributed by atoms with van der Waals surface area (Å²) >= 11 is 0. The van der Waals surface area contributed by atoms with Crippen molar-refractivity contribution >= 4 is 12.1 Å². The van der Waals surface area contributed by atoms with Crippen LogP contribution in [0.3, 0.4) is 0 Å². The lowest BCUT2D eigenvalue weighted by Crippen LogP contribution is -2.41. The number of hydrazone groups is 1. The van der Waals surface area contributed by atoms with Crippen molar-refractivity contribution in [2.75, 3.05) is 0 Å². The van der Waals surface area contributed by atoms with Crippen LogP contribution >= 0.6 is 0 Å². The number of carbonyl (C=O) groups excluding carboxylic acids is 1. The normalized spacial score (nSPS) is 11.6. The summed E-state index contributed by atoms with van der Waals surface area (Å²) in [5.74, 6) is -0.102. The van der Waals surface area contributed by atoms with Gasteiger partial charge in [0, 0.05) is 5.56 Å². The molecule has 0 fully saturated rings. The molecule has 0 saturated heterocycles. The highest BCUT2D eigenvalue weighted by atomic mass is 16.2. The Morgan fingerprint density at radius 1 is 0.952 bits per heavy atom. The Kier molecular flexibility index (Phi) is 4.53. The molecule has 0 radical (unpaired) electrons. The Labute approximate surface area is 125 Å². The third kappa shape index (κ3) is 4.02. The van der Waals surface area contributed by atoms with E-state index in [1.54, 1.807) is 18.3 Å². The molecule has 0 aliphatic rings. The summed E-state index contributed by atoms with van der Waals surface area (Å²) in [5.41, 5.74) is 1.21. The van der Waals surface area contributed by atoms with E-state index >= 15 is 0 Å². The topological polar surface area (TPSA) is 32.7 Å². The highest BCUT2D eigenvalue weighted by molar-refractivity contribution is 5.95. The smallest absolute Gasteiger partial charge is 0.267 e. The fourth-order valence-corrected chi connectivity index (χ4v) is 1.90. The lowest BCUT2D eigenvalue weighted by atomic mass is 10.1. The van der Waals surface area contributed by atoms with Crippen LogP contribution in [0.1, 0.15) is 36.7 Å². The Morgan fingerprint density at radius 3 is 2.00 bits per heavy atom. The molecular formula is C18H20N2O. The highest BCUT2D eigenvalue weighted by Crippen LogP contribution is 2.18. The fraction of sp³-hybridized carbons (Fsp3) is 0.222. The van der Waals surface area contributed by atoms with E-state index in [9.17, 15) is 4.79 Å². The van der Waals surface area contributed by atoms with Crippen LogP contribution in [0, 0.1) is 0 Å². The predicted molar refractivity (Wildman–Crippen MR) is 86.4 cm³/mol. The maximum atomic E-state index is 12.6. The number of rotatable bonds is 3. The first-order valence-corrected chi connectivity index (χ1v) is 6.97. The van der Waals surface area contributed by atoms with Crippen molar-refractivity contribution in [1.29, 1.82) is 0 Å². The second-order valence-corrected chi connectivity index (χ2v) is 5.81. The van der Waals surface area contributed by atoms with Crippen molar-refractivity contribution < 1.29 is 4.79 Å². The van der Waals surface area contributed by atoms with Crippen molar-refractivity contribution in [3.8, 4) is 0 Å². The Hall–Kier alpha value is -2.42. The van der Waals surface area contributed by atoms with E-state index in [-0.39, 0.29) is 5.91 Å². The lowest BCUT2D eigenvalue weighted by Gasteiger charge is -2.31. The molecule has 0 spiro atoms. The van der Waals surface area contributed by atoms with Crippen molar-refractivity contribution in [1.82, 2.24) is 5.01 Å². The molecule has 3 heteroatoms. The van der Waals surface area contributed by atoms with Crippen molar-refractivity contribution in [3.63, 3.8) is 0 Å². The number of amides is 1. The SMILES string of the molecule is CC(C)(C)N(N=Cc1ccccc1)C(=O)c1ccccc1. The maximum absolute atomic E-state index is 12.6. The first-order chi connectivity index (χ1) is 9.98. The van der Waals surface area contributed by atoms with Gasteiger partial charge in [0.2, 0.25) is 0 Å². The van der Waals surface area contributed by atoms with Gasteiger partial charge in [0.05, 0.1) is 11.8 Å². The van der Waals surface area contributed by atoms with Gasteiger partial charge in [-0.2, -0.15) is 5.10 Å². The molecule has 3 nitrogen and oxygen atoms in total. The summed E-state index contributed by atoms with van der Waals surface area (Å²) in [7, 11) is 0. The van der Waals surface area contributed by atoms with E-state index in [0.29, 0.717) is 5.56 Å². The summed E-state index contributed by atoms with van der Waals surface area (Å²) in [6, 6.07) is 19.0. The summed E-state index contributed by atoms with van der Waals surface area (Å²) in [6.07, 6.45) is 1.71. The second-order valence-electron chi connectivity index (χ2n) is 5.81. The molecule has 0 N–H and O–H groups in total. The molecule has 0 atom stereocenters. The van der Waals surface area contributed by atoms with Crippen LogP contribution in [-0.2, 0) is 0 Å². The largest absolute Gasteiger partial charge is 0.274 e. The van der Waals surface area contributed by atoms with E-state index in [1.165, 1.54) is 5.01 Å². The number of hydrogen-bond donors (Lipinski definition) is 0. The molecule has 21 heavy (non-hydrogen) atoms. The molecule has 108 valence electrons. The average molecular weight is 280 g/mol. The molecule has 0 aliphatic carbocycles. The number of hydrogen-bond acceptors (Lipinski definition) is 2. The van der Waals surface area contributed by atoms with Gasteiger partial charge in [0.25, 0.3) is 5.91 Å². The Balaban J connectivity index is 2.28. The van der Waals surface area contributed by atoms with Crippen LogP contribution in [0.15, 0.2) is 65.8 Å². The van der Waals surface area contributed by atoms with E-state index < -0.39 is 5.54 Å². The molecular weight excluding hydrogens is 260 g/mol. The lowest BCUT2D eigenvalue weighted by molar-refractivity contribution is 0.0593. The first-order valence-electron chi connectivity index (χ1n) is 6.97. The monoisotopic (exact) mass is 280 g/mol. The minimum atomic E-state index is -0.391. The molecule has 0 bridgehead atoms. The third-order valence-corrected chi connectivity index (χ3v) is 2.97. The molecule has 0 aromatic heterocycles. The van der Waals surface area contributed by atoms with Gasteiger partial charge >= 0.3 is 0 Å². The first kappa shape index (κ1) is 15.0. The van der Waals surface area contributed by atoms with Gasteiger partial charge in [-0.15, -0.1) is 0 Å². The second kappa shape index (κ2) is 6.35. The van der Waals surface area contributed by atoms with Crippen LogP contribution in [0.5, 0.6) is 0 Å². The zero-order valence-corrected chi connectivity index (χ0v) is 12.7. The van der Waals surface area contributed by atoms with Crippen LogP contribution in [0.25, 0.3) is 0 Å². The van der Waals surface area contributed by atoms with Crippen LogP contribution in [0.4, 0.5) is 0 Å². The van der Waals surface area contributed by atoms with Crippen molar-refractivity contribution in [3.05, 3.63) is 71.8 Å². The van der Waals surface area contributed by atoms with E-state index in [0.717, 1.165) is 5.56 Å². The predicted octanol–water partition coefficient (Wildman–Crippen LogP) is 3.96. The summed E-state index contributed by atoms with van der Waals surface area (Å²) in [4.78, 5) is 12.6. The third-order valence-electron chi connectivity index (χ3n) is 2.97. The Morgan fingerprint density at radius 2 is 1.48 bits per heavy atom. The average Bonchev–Trinajstić information content (AvgIpc) is 2.48. The molecule has 2 rings (SSSR count). The van der Waals surface area contributed by atoms with Crippen molar-refractivity contribution in [2.45, 2.75) is 26.3 Å². The highest BCUT2D eigenvalue weighted by Gasteiger charge is 2.26. The maximum Gasteiger partial charge on any atom is 0.274 e.